The predicted octanol–water partition coefficient (Wildman–Crippen LogP) is 7.28. The maximum Gasteiger partial charge on any atom is 0.414 e. The molecule has 1 aliphatic rings. The summed E-state index contributed by atoms with van der Waals surface area (Å²) in [4.78, 5) is 41.9. The SMILES string of the molecule is CCOC(=O)CCc1ccc(OCC(=O)Nc2ccc(OC3CCCN(C)C3)cc2N(C)C(=O)OC(C)(C)C)cc1OCc1ccc(Cl)cc1. The van der Waals surface area contributed by atoms with Gasteiger partial charge in [0.05, 0.1) is 18.0 Å². The summed E-state index contributed by atoms with van der Waals surface area (Å²) in [6, 6.07) is 17.7. The first-order valence-corrected chi connectivity index (χ1v) is 17.2. The van der Waals surface area contributed by atoms with Crippen LogP contribution in [0.1, 0.15) is 58.1 Å². The van der Waals surface area contributed by atoms with Crippen LogP contribution < -0.4 is 24.4 Å². The van der Waals surface area contributed by atoms with Crippen molar-refractivity contribution in [1.82, 2.24) is 4.90 Å². The molecule has 2 amide bonds. The molecule has 0 aliphatic carbocycles. The second kappa shape index (κ2) is 18.0. The van der Waals surface area contributed by atoms with Crippen molar-refractivity contribution < 1.29 is 38.1 Å². The van der Waals surface area contributed by atoms with E-state index < -0.39 is 17.6 Å². The van der Waals surface area contributed by atoms with Crippen molar-refractivity contribution in [2.75, 3.05) is 50.6 Å². The molecule has 1 atom stereocenters. The molecule has 12 heteroatoms. The van der Waals surface area contributed by atoms with Gasteiger partial charge in [0.2, 0.25) is 0 Å². The number of likely N-dealkylation sites (N-methyl/N-ethyl adjacent to an activating group) is 1. The van der Waals surface area contributed by atoms with Gasteiger partial charge in [0.1, 0.15) is 35.6 Å². The third kappa shape index (κ3) is 12.1. The lowest BCUT2D eigenvalue weighted by molar-refractivity contribution is -0.143. The molecule has 50 heavy (non-hydrogen) atoms. The van der Waals surface area contributed by atoms with E-state index in [9.17, 15) is 14.4 Å². The molecule has 4 rings (SSSR count). The Hall–Kier alpha value is -4.48. The van der Waals surface area contributed by atoms with Crippen LogP contribution in [-0.2, 0) is 32.1 Å². The number of piperidine rings is 1. The summed E-state index contributed by atoms with van der Waals surface area (Å²) >= 11 is 6.03. The van der Waals surface area contributed by atoms with E-state index in [1.165, 1.54) is 4.90 Å². The molecule has 0 aromatic heterocycles. The lowest BCUT2D eigenvalue weighted by Crippen LogP contribution is -2.38. The molecule has 3 aromatic carbocycles. The summed E-state index contributed by atoms with van der Waals surface area (Å²) in [5, 5.41) is 3.49. The normalized spacial score (nSPS) is 14.7. The smallest absolute Gasteiger partial charge is 0.414 e. The number of likely N-dealkylation sites (tertiary alicyclic amines) is 1. The zero-order valence-electron chi connectivity index (χ0n) is 29.8. The van der Waals surface area contributed by atoms with Gasteiger partial charge < -0.3 is 33.9 Å². The van der Waals surface area contributed by atoms with Gasteiger partial charge in [-0.15, -0.1) is 0 Å². The molecule has 1 unspecified atom stereocenters. The summed E-state index contributed by atoms with van der Waals surface area (Å²) < 4.78 is 29.0. The van der Waals surface area contributed by atoms with Crippen LogP contribution >= 0.6 is 11.6 Å². The summed E-state index contributed by atoms with van der Waals surface area (Å²) in [6.45, 7) is 9.21. The molecular weight excluding hydrogens is 662 g/mol. The molecule has 1 fully saturated rings. The first-order chi connectivity index (χ1) is 23.8. The number of ether oxygens (including phenoxy) is 5. The van der Waals surface area contributed by atoms with Crippen LogP contribution in [0.15, 0.2) is 60.7 Å². The summed E-state index contributed by atoms with van der Waals surface area (Å²) in [6.07, 6.45) is 1.99. The standard InChI is InChI=1S/C38H48ClN3O8/c1-7-46-36(44)19-13-27-12-16-29(22-34(27)48-24-26-10-14-28(39)15-11-26)47-25-35(43)40-32-18-17-30(49-31-9-8-20-41(5)23-31)21-33(32)42(6)37(45)50-38(2,3)4/h10-12,14-18,21-22,31H,7-9,13,19-20,23-25H2,1-6H3,(H,40,43). The van der Waals surface area contributed by atoms with E-state index in [0.717, 1.165) is 37.1 Å². The number of carbonyl (C=O) groups excluding carboxylic acids is 3. The molecule has 1 N–H and O–H groups in total. The molecule has 3 aromatic rings. The third-order valence-corrected chi connectivity index (χ3v) is 8.03. The highest BCUT2D eigenvalue weighted by molar-refractivity contribution is 6.30. The van der Waals surface area contributed by atoms with Crippen LogP contribution in [0.2, 0.25) is 5.02 Å². The zero-order valence-corrected chi connectivity index (χ0v) is 30.5. The van der Waals surface area contributed by atoms with E-state index in [4.69, 9.17) is 35.3 Å². The minimum absolute atomic E-state index is 0.0129. The molecule has 11 nitrogen and oxygen atoms in total. The van der Waals surface area contributed by atoms with E-state index in [-0.39, 0.29) is 31.7 Å². The van der Waals surface area contributed by atoms with Crippen molar-refractivity contribution in [3.63, 3.8) is 0 Å². The number of esters is 1. The summed E-state index contributed by atoms with van der Waals surface area (Å²) in [7, 11) is 3.65. The fraction of sp³-hybridized carbons (Fsp3) is 0.447. The number of halogens is 1. The van der Waals surface area contributed by atoms with Gasteiger partial charge in [-0.2, -0.15) is 0 Å². The Bertz CT molecular complexity index is 1610. The first kappa shape index (κ1) is 38.3. The number of hydrogen-bond donors (Lipinski definition) is 1. The Morgan fingerprint density at radius 2 is 1.74 bits per heavy atom. The Labute approximate surface area is 299 Å². The molecular formula is C38H48ClN3O8. The van der Waals surface area contributed by atoms with E-state index >= 15 is 0 Å². The van der Waals surface area contributed by atoms with Gasteiger partial charge in [-0.3, -0.25) is 14.5 Å². The lowest BCUT2D eigenvalue weighted by atomic mass is 10.1. The van der Waals surface area contributed by atoms with Gasteiger partial charge in [0, 0.05) is 37.2 Å². The fourth-order valence-electron chi connectivity index (χ4n) is 5.32. The van der Waals surface area contributed by atoms with Gasteiger partial charge in [-0.05, 0) is 102 Å². The second-order valence-corrected chi connectivity index (χ2v) is 13.6. The Morgan fingerprint density at radius 3 is 2.44 bits per heavy atom. The van der Waals surface area contributed by atoms with E-state index in [1.807, 2.05) is 12.1 Å². The van der Waals surface area contributed by atoms with Crippen LogP contribution in [0.3, 0.4) is 0 Å². The van der Waals surface area contributed by atoms with E-state index in [2.05, 4.69) is 17.3 Å². The molecule has 0 saturated carbocycles. The van der Waals surface area contributed by atoms with Gasteiger partial charge in [0.15, 0.2) is 6.61 Å². The van der Waals surface area contributed by atoms with Crippen molar-refractivity contribution in [3.8, 4) is 17.2 Å². The molecule has 0 radical (unpaired) electrons. The number of carbonyl (C=O) groups is 3. The van der Waals surface area contributed by atoms with Crippen molar-refractivity contribution in [1.29, 1.82) is 0 Å². The summed E-state index contributed by atoms with van der Waals surface area (Å²) in [5.41, 5.74) is 1.79. The molecule has 0 bridgehead atoms. The van der Waals surface area contributed by atoms with Crippen LogP contribution in [-0.4, -0.2) is 75.0 Å². The minimum Gasteiger partial charge on any atom is -0.489 e. The summed E-state index contributed by atoms with van der Waals surface area (Å²) in [5.74, 6) is 0.758. The average molecular weight is 710 g/mol. The van der Waals surface area contributed by atoms with Crippen molar-refractivity contribution >= 4 is 40.9 Å². The van der Waals surface area contributed by atoms with Crippen molar-refractivity contribution in [2.24, 2.45) is 0 Å². The number of benzene rings is 3. The molecule has 0 spiro atoms. The van der Waals surface area contributed by atoms with E-state index in [0.29, 0.717) is 46.7 Å². The highest BCUT2D eigenvalue weighted by Crippen LogP contribution is 2.33. The largest absolute Gasteiger partial charge is 0.489 e. The van der Waals surface area contributed by atoms with Gasteiger partial charge in [0.25, 0.3) is 5.91 Å². The Morgan fingerprint density at radius 1 is 1.00 bits per heavy atom. The van der Waals surface area contributed by atoms with Crippen LogP contribution in [0.25, 0.3) is 0 Å². The quantitative estimate of drug-likeness (QED) is 0.173. The van der Waals surface area contributed by atoms with Crippen LogP contribution in [0.4, 0.5) is 16.2 Å². The number of nitrogens with one attached hydrogen (secondary N) is 1. The third-order valence-electron chi connectivity index (χ3n) is 7.78. The second-order valence-electron chi connectivity index (χ2n) is 13.2. The molecule has 1 saturated heterocycles. The maximum absolute atomic E-state index is 13.2. The predicted molar refractivity (Wildman–Crippen MR) is 194 cm³/mol. The average Bonchev–Trinajstić information content (AvgIpc) is 3.06. The fourth-order valence-corrected chi connectivity index (χ4v) is 5.44. The monoisotopic (exact) mass is 709 g/mol. The topological polar surface area (TPSA) is 116 Å². The highest BCUT2D eigenvalue weighted by atomic mass is 35.5. The minimum atomic E-state index is -0.713. The number of nitrogens with zero attached hydrogens (tertiary/aromatic N) is 2. The lowest BCUT2D eigenvalue weighted by Gasteiger charge is -2.30. The number of amides is 2. The van der Waals surface area contributed by atoms with Gasteiger partial charge in [-0.25, -0.2) is 4.79 Å². The zero-order chi connectivity index (χ0) is 36.3. The van der Waals surface area contributed by atoms with Crippen LogP contribution in [0.5, 0.6) is 17.2 Å². The number of anilines is 2. The Balaban J connectivity index is 1.48. The van der Waals surface area contributed by atoms with Crippen molar-refractivity contribution in [3.05, 3.63) is 76.8 Å². The Kier molecular flexibility index (Phi) is 13.8. The number of hydrogen-bond acceptors (Lipinski definition) is 9. The molecule has 1 aliphatic heterocycles. The number of rotatable bonds is 14. The highest BCUT2D eigenvalue weighted by Gasteiger charge is 2.25. The first-order valence-electron chi connectivity index (χ1n) is 16.8. The molecule has 270 valence electrons. The maximum atomic E-state index is 13.2. The van der Waals surface area contributed by atoms with Crippen LogP contribution in [0, 0.1) is 0 Å². The molecule has 1 heterocycles. The number of aryl methyl sites for hydroxylation is 1. The van der Waals surface area contributed by atoms with Gasteiger partial charge in [-0.1, -0.05) is 29.8 Å². The van der Waals surface area contributed by atoms with E-state index in [1.54, 1.807) is 83.3 Å². The van der Waals surface area contributed by atoms with Gasteiger partial charge >= 0.3 is 12.1 Å². The van der Waals surface area contributed by atoms with Crippen molar-refractivity contribution in [2.45, 2.75) is 71.7 Å².